The molecule has 1 saturated heterocycles. The molecule has 1 aliphatic rings. The zero-order chi connectivity index (χ0) is 26.4. The molecule has 1 fully saturated rings. The van der Waals surface area contributed by atoms with Crippen LogP contribution in [0.2, 0.25) is 0 Å². The van der Waals surface area contributed by atoms with Crippen molar-refractivity contribution in [2.45, 2.75) is 52.2 Å². The minimum atomic E-state index is -0.744. The van der Waals surface area contributed by atoms with Crippen molar-refractivity contribution < 1.29 is 19.5 Å². The molecule has 0 spiro atoms. The van der Waals surface area contributed by atoms with E-state index in [1.165, 1.54) is 0 Å². The van der Waals surface area contributed by atoms with Gasteiger partial charge in [0.15, 0.2) is 0 Å². The number of pyridine rings is 1. The third-order valence-corrected chi connectivity index (χ3v) is 6.72. The number of rotatable bonds is 9. The Labute approximate surface area is 218 Å². The van der Waals surface area contributed by atoms with Gasteiger partial charge >= 0.3 is 0 Å². The van der Waals surface area contributed by atoms with E-state index >= 15 is 0 Å². The third-order valence-electron chi connectivity index (χ3n) is 6.72. The van der Waals surface area contributed by atoms with Crippen LogP contribution in [-0.2, 0) is 11.4 Å². The molecular weight excluding hydrogens is 468 g/mol. The van der Waals surface area contributed by atoms with Crippen LogP contribution < -0.4 is 15.5 Å². The number of carbonyl (C=O) groups excluding carboxylic acids is 2. The number of carbonyl (C=O) groups is 2. The van der Waals surface area contributed by atoms with E-state index in [0.717, 1.165) is 41.7 Å². The summed E-state index contributed by atoms with van der Waals surface area (Å²) in [6.45, 7) is 9.03. The van der Waals surface area contributed by atoms with Crippen molar-refractivity contribution in [3.05, 3.63) is 71.4 Å². The highest BCUT2D eigenvalue weighted by Gasteiger charge is 2.39. The molecule has 0 radical (unpaired) electrons. The van der Waals surface area contributed by atoms with Gasteiger partial charge in [0.05, 0.1) is 17.5 Å². The van der Waals surface area contributed by atoms with Crippen molar-refractivity contribution in [1.29, 1.82) is 0 Å². The van der Waals surface area contributed by atoms with Crippen LogP contribution in [-0.4, -0.2) is 52.1 Å². The van der Waals surface area contributed by atoms with Gasteiger partial charge in [-0.1, -0.05) is 32.0 Å². The molecular formula is C29H36N4O4. The summed E-state index contributed by atoms with van der Waals surface area (Å²) in [5, 5.41) is 13.3. The molecule has 2 heterocycles. The molecule has 1 unspecified atom stereocenters. The molecule has 4 rings (SSSR count). The second kappa shape index (κ2) is 11.7. The molecule has 1 atom stereocenters. The van der Waals surface area contributed by atoms with Crippen LogP contribution in [0.1, 0.15) is 54.7 Å². The lowest BCUT2D eigenvalue weighted by Gasteiger charge is -2.43. The van der Waals surface area contributed by atoms with Gasteiger partial charge in [0, 0.05) is 35.3 Å². The molecule has 8 heteroatoms. The maximum absolute atomic E-state index is 13.2. The predicted octanol–water partition coefficient (Wildman–Crippen LogP) is 4.24. The maximum atomic E-state index is 13.2. The summed E-state index contributed by atoms with van der Waals surface area (Å²) < 4.78 is 6.03. The van der Waals surface area contributed by atoms with Crippen LogP contribution in [0.4, 0.5) is 0 Å². The Kier molecular flexibility index (Phi) is 8.41. The fourth-order valence-corrected chi connectivity index (χ4v) is 5.23. The highest BCUT2D eigenvalue weighted by atomic mass is 16.5. The molecule has 196 valence electrons. The molecule has 1 aromatic heterocycles. The highest BCUT2D eigenvalue weighted by molar-refractivity contribution is 5.95. The first-order valence-electron chi connectivity index (χ1n) is 12.8. The molecule has 1 aliphatic heterocycles. The number of benzene rings is 2. The SMILES string of the molecule is Cc1cc(COc2ccc(C(=O)NC3(CC(=O)NO)CCCN(CC(C)C)C3)cc2)c2ccccc2n1. The third kappa shape index (κ3) is 6.84. The number of hydrogen-bond acceptors (Lipinski definition) is 6. The number of nitrogens with zero attached hydrogens (tertiary/aromatic N) is 2. The highest BCUT2D eigenvalue weighted by Crippen LogP contribution is 2.27. The van der Waals surface area contributed by atoms with Gasteiger partial charge in [0.1, 0.15) is 12.4 Å². The summed E-state index contributed by atoms with van der Waals surface area (Å²) in [5.41, 5.74) is 4.39. The summed E-state index contributed by atoms with van der Waals surface area (Å²) in [6, 6.07) is 17.0. The summed E-state index contributed by atoms with van der Waals surface area (Å²) >= 11 is 0. The van der Waals surface area contributed by atoms with Crippen LogP contribution in [0.25, 0.3) is 10.9 Å². The van der Waals surface area contributed by atoms with Crippen LogP contribution in [0.3, 0.4) is 0 Å². The van der Waals surface area contributed by atoms with Gasteiger partial charge in [-0.15, -0.1) is 0 Å². The Bertz CT molecular complexity index is 1240. The Hall–Kier alpha value is -3.49. The molecule has 2 aromatic carbocycles. The molecule has 0 bridgehead atoms. The number of ether oxygens (including phenoxy) is 1. The Morgan fingerprint density at radius 2 is 1.92 bits per heavy atom. The van der Waals surface area contributed by atoms with E-state index in [0.29, 0.717) is 36.8 Å². The van der Waals surface area contributed by atoms with Crippen molar-refractivity contribution >= 4 is 22.7 Å². The maximum Gasteiger partial charge on any atom is 0.251 e. The molecule has 3 N–H and O–H groups in total. The van der Waals surface area contributed by atoms with Crippen LogP contribution in [0.15, 0.2) is 54.6 Å². The van der Waals surface area contributed by atoms with Gasteiger partial charge in [0.25, 0.3) is 5.91 Å². The minimum Gasteiger partial charge on any atom is -0.489 e. The van der Waals surface area contributed by atoms with Crippen molar-refractivity contribution in [3.8, 4) is 5.75 Å². The number of likely N-dealkylation sites (tertiary alicyclic amines) is 1. The van der Waals surface area contributed by atoms with Crippen LogP contribution >= 0.6 is 0 Å². The monoisotopic (exact) mass is 504 g/mol. The first-order valence-corrected chi connectivity index (χ1v) is 12.8. The van der Waals surface area contributed by atoms with E-state index in [-0.39, 0.29) is 12.3 Å². The van der Waals surface area contributed by atoms with E-state index in [1.54, 1.807) is 29.7 Å². The second-order valence-electron chi connectivity index (χ2n) is 10.4. The average Bonchev–Trinajstić information content (AvgIpc) is 2.87. The van der Waals surface area contributed by atoms with E-state index < -0.39 is 11.4 Å². The number of hydroxylamine groups is 1. The van der Waals surface area contributed by atoms with Gasteiger partial charge in [-0.25, -0.2) is 5.48 Å². The number of fused-ring (bicyclic) bond motifs is 1. The standard InChI is InChI=1S/C29H36N4O4/c1-20(2)17-33-14-6-13-29(19-33,16-27(34)32-36)31-28(35)22-9-11-24(12-10-22)37-18-23-15-21(3)30-26-8-5-4-7-25(23)26/h4-5,7-12,15,20,36H,6,13-14,16-19H2,1-3H3,(H,31,35)(H,32,34). The number of aromatic nitrogens is 1. The zero-order valence-corrected chi connectivity index (χ0v) is 21.8. The Balaban J connectivity index is 1.44. The topological polar surface area (TPSA) is 104 Å². The fourth-order valence-electron chi connectivity index (χ4n) is 5.23. The number of piperidine rings is 1. The minimum absolute atomic E-state index is 0.0182. The van der Waals surface area contributed by atoms with Gasteiger partial charge < -0.3 is 15.0 Å². The van der Waals surface area contributed by atoms with Gasteiger partial charge in [-0.2, -0.15) is 0 Å². The van der Waals surface area contributed by atoms with Crippen LogP contribution in [0, 0.1) is 12.8 Å². The number of aryl methyl sites for hydroxylation is 1. The fraction of sp³-hybridized carbons (Fsp3) is 0.414. The van der Waals surface area contributed by atoms with Gasteiger partial charge in [-0.05, 0) is 68.6 Å². The molecule has 8 nitrogen and oxygen atoms in total. The van der Waals surface area contributed by atoms with Gasteiger partial charge in [0.2, 0.25) is 5.91 Å². The number of nitrogens with one attached hydrogen (secondary N) is 2. The van der Waals surface area contributed by atoms with Crippen molar-refractivity contribution in [1.82, 2.24) is 20.7 Å². The number of para-hydroxylation sites is 1. The normalized spacial score (nSPS) is 18.1. The van der Waals surface area contributed by atoms with E-state index in [4.69, 9.17) is 9.94 Å². The first-order chi connectivity index (χ1) is 17.8. The largest absolute Gasteiger partial charge is 0.489 e. The average molecular weight is 505 g/mol. The summed E-state index contributed by atoms with van der Waals surface area (Å²) in [5.74, 6) is 0.374. The molecule has 0 aliphatic carbocycles. The second-order valence-corrected chi connectivity index (χ2v) is 10.4. The lowest BCUT2D eigenvalue weighted by Crippen LogP contribution is -2.60. The van der Waals surface area contributed by atoms with Gasteiger partial charge in [-0.3, -0.25) is 19.8 Å². The first kappa shape index (κ1) is 26.6. The lowest BCUT2D eigenvalue weighted by molar-refractivity contribution is -0.131. The smallest absolute Gasteiger partial charge is 0.251 e. The summed E-state index contributed by atoms with van der Waals surface area (Å²) in [4.78, 5) is 32.2. The number of hydrogen-bond donors (Lipinski definition) is 3. The summed E-state index contributed by atoms with van der Waals surface area (Å²) in [6.07, 6.45) is 1.55. The van der Waals surface area contributed by atoms with E-state index in [9.17, 15) is 9.59 Å². The van der Waals surface area contributed by atoms with E-state index in [2.05, 4.69) is 29.0 Å². The Morgan fingerprint density at radius 1 is 1.16 bits per heavy atom. The molecule has 37 heavy (non-hydrogen) atoms. The lowest BCUT2D eigenvalue weighted by atomic mass is 9.84. The van der Waals surface area contributed by atoms with Crippen molar-refractivity contribution in [2.24, 2.45) is 5.92 Å². The molecule has 2 amide bonds. The summed E-state index contributed by atoms with van der Waals surface area (Å²) in [7, 11) is 0. The molecule has 3 aromatic rings. The van der Waals surface area contributed by atoms with Crippen LogP contribution in [0.5, 0.6) is 5.75 Å². The predicted molar refractivity (Wildman–Crippen MR) is 143 cm³/mol. The Morgan fingerprint density at radius 3 is 2.65 bits per heavy atom. The zero-order valence-electron chi connectivity index (χ0n) is 21.8. The van der Waals surface area contributed by atoms with Crippen molar-refractivity contribution in [3.63, 3.8) is 0 Å². The quantitative estimate of drug-likeness (QED) is 0.298. The number of amides is 2. The molecule has 0 saturated carbocycles. The van der Waals surface area contributed by atoms with Crippen molar-refractivity contribution in [2.75, 3.05) is 19.6 Å². The van der Waals surface area contributed by atoms with E-state index in [1.807, 2.05) is 37.3 Å².